The number of rotatable bonds is 8. The lowest BCUT2D eigenvalue weighted by Crippen LogP contribution is -2.36. The van der Waals surface area contributed by atoms with Gasteiger partial charge in [0.2, 0.25) is 5.88 Å². The summed E-state index contributed by atoms with van der Waals surface area (Å²) < 4.78 is 11.4. The monoisotopic (exact) mass is 390 g/mol. The summed E-state index contributed by atoms with van der Waals surface area (Å²) in [6.45, 7) is 3.85. The molecular formula is C23H26N4O2. The molecule has 0 aliphatic rings. The van der Waals surface area contributed by atoms with Crippen LogP contribution in [0.1, 0.15) is 18.1 Å². The molecule has 29 heavy (non-hydrogen) atoms. The van der Waals surface area contributed by atoms with Gasteiger partial charge in [-0.1, -0.05) is 48.5 Å². The van der Waals surface area contributed by atoms with Crippen LogP contribution in [-0.2, 0) is 13.1 Å². The Hall–Kier alpha value is -3.54. The molecule has 0 aliphatic heterocycles. The summed E-state index contributed by atoms with van der Waals surface area (Å²) in [6.07, 6.45) is 1.79. The number of aromatic nitrogens is 1. The highest BCUT2D eigenvalue weighted by Crippen LogP contribution is 2.30. The third kappa shape index (κ3) is 6.24. The van der Waals surface area contributed by atoms with Crippen LogP contribution >= 0.6 is 0 Å². The minimum absolute atomic E-state index is 0.521. The topological polar surface area (TPSA) is 67.8 Å². The summed E-state index contributed by atoms with van der Waals surface area (Å²) in [7, 11) is 1.76. The molecule has 0 unspecified atom stereocenters. The Balaban J connectivity index is 1.52. The normalized spacial score (nSPS) is 11.0. The van der Waals surface area contributed by atoms with Crippen molar-refractivity contribution in [2.24, 2.45) is 4.99 Å². The van der Waals surface area contributed by atoms with Crippen LogP contribution < -0.4 is 20.1 Å². The fourth-order valence-corrected chi connectivity index (χ4v) is 2.69. The Morgan fingerprint density at radius 1 is 0.862 bits per heavy atom. The third-order valence-corrected chi connectivity index (χ3v) is 4.15. The van der Waals surface area contributed by atoms with Gasteiger partial charge in [-0.3, -0.25) is 4.99 Å². The number of benzene rings is 2. The highest BCUT2D eigenvalue weighted by Gasteiger charge is 2.06. The SMILES string of the molecule is CCOc1ccccc1Oc1ccc(CNC(=NC)NCc2ccccc2)cn1. The van der Waals surface area contributed by atoms with Gasteiger partial charge in [0.25, 0.3) is 0 Å². The van der Waals surface area contributed by atoms with Gasteiger partial charge >= 0.3 is 0 Å². The second kappa shape index (κ2) is 10.7. The Bertz CT molecular complexity index is 912. The maximum atomic E-state index is 5.86. The average molecular weight is 390 g/mol. The van der Waals surface area contributed by atoms with Crippen LogP contribution in [0.2, 0.25) is 0 Å². The molecule has 0 amide bonds. The number of hydrogen-bond acceptors (Lipinski definition) is 4. The van der Waals surface area contributed by atoms with Crippen molar-refractivity contribution < 1.29 is 9.47 Å². The molecule has 6 heteroatoms. The van der Waals surface area contributed by atoms with Crippen LogP contribution in [0.5, 0.6) is 17.4 Å². The zero-order valence-electron chi connectivity index (χ0n) is 16.8. The van der Waals surface area contributed by atoms with Crippen LogP contribution in [0.3, 0.4) is 0 Å². The fourth-order valence-electron chi connectivity index (χ4n) is 2.69. The molecule has 0 saturated carbocycles. The molecule has 0 bridgehead atoms. The first-order valence-corrected chi connectivity index (χ1v) is 9.61. The summed E-state index contributed by atoms with van der Waals surface area (Å²) >= 11 is 0. The van der Waals surface area contributed by atoms with Crippen LogP contribution in [0.25, 0.3) is 0 Å². The van der Waals surface area contributed by atoms with Gasteiger partial charge in [0.05, 0.1) is 6.61 Å². The Labute approximate surface area is 171 Å². The number of para-hydroxylation sites is 2. The largest absolute Gasteiger partial charge is 0.490 e. The minimum Gasteiger partial charge on any atom is -0.490 e. The molecule has 2 aromatic carbocycles. The smallest absolute Gasteiger partial charge is 0.219 e. The predicted octanol–water partition coefficient (Wildman–Crippen LogP) is 4.14. The molecule has 2 N–H and O–H groups in total. The maximum Gasteiger partial charge on any atom is 0.219 e. The quantitative estimate of drug-likeness (QED) is 0.447. The van der Waals surface area contributed by atoms with Crippen molar-refractivity contribution in [3.05, 3.63) is 84.1 Å². The standard InChI is InChI=1S/C23H26N4O2/c1-3-28-20-11-7-8-12-21(20)29-22-14-13-19(16-25-22)17-27-23(24-2)26-15-18-9-5-4-6-10-18/h4-14,16H,3,15,17H2,1-2H3,(H2,24,26,27). The van der Waals surface area contributed by atoms with E-state index >= 15 is 0 Å². The molecule has 0 radical (unpaired) electrons. The van der Waals surface area contributed by atoms with E-state index in [1.165, 1.54) is 5.56 Å². The number of aliphatic imine (C=N–C) groups is 1. The van der Waals surface area contributed by atoms with Gasteiger partial charge in [0.1, 0.15) is 0 Å². The zero-order chi connectivity index (χ0) is 20.3. The van der Waals surface area contributed by atoms with Crippen LogP contribution in [0.4, 0.5) is 0 Å². The second-order valence-corrected chi connectivity index (χ2v) is 6.25. The molecule has 0 aliphatic carbocycles. The highest BCUT2D eigenvalue weighted by atomic mass is 16.5. The summed E-state index contributed by atoms with van der Waals surface area (Å²) in [6, 6.07) is 21.6. The number of guanidine groups is 1. The van der Waals surface area contributed by atoms with Gasteiger partial charge < -0.3 is 20.1 Å². The number of pyridine rings is 1. The lowest BCUT2D eigenvalue weighted by molar-refractivity contribution is 0.319. The zero-order valence-corrected chi connectivity index (χ0v) is 16.8. The van der Waals surface area contributed by atoms with E-state index in [-0.39, 0.29) is 0 Å². The van der Waals surface area contributed by atoms with Crippen molar-refractivity contribution in [2.45, 2.75) is 20.0 Å². The van der Waals surface area contributed by atoms with E-state index in [4.69, 9.17) is 9.47 Å². The van der Waals surface area contributed by atoms with E-state index in [1.807, 2.05) is 61.5 Å². The number of ether oxygens (including phenoxy) is 2. The van der Waals surface area contributed by atoms with Crippen molar-refractivity contribution >= 4 is 5.96 Å². The van der Waals surface area contributed by atoms with Crippen LogP contribution in [0, 0.1) is 0 Å². The molecule has 6 nitrogen and oxygen atoms in total. The molecule has 3 rings (SSSR count). The molecule has 150 valence electrons. The molecule has 0 saturated heterocycles. The average Bonchev–Trinajstić information content (AvgIpc) is 2.77. The lowest BCUT2D eigenvalue weighted by atomic mass is 10.2. The van der Waals surface area contributed by atoms with E-state index in [9.17, 15) is 0 Å². The van der Waals surface area contributed by atoms with Crippen molar-refractivity contribution in [3.63, 3.8) is 0 Å². The Morgan fingerprint density at radius 3 is 2.21 bits per heavy atom. The summed E-state index contributed by atoms with van der Waals surface area (Å²) in [4.78, 5) is 8.65. The fraction of sp³-hybridized carbons (Fsp3) is 0.217. The van der Waals surface area contributed by atoms with E-state index < -0.39 is 0 Å². The first-order chi connectivity index (χ1) is 14.3. The van der Waals surface area contributed by atoms with Gasteiger partial charge in [0.15, 0.2) is 17.5 Å². The molecule has 0 fully saturated rings. The number of hydrogen-bond donors (Lipinski definition) is 2. The van der Waals surface area contributed by atoms with E-state index in [0.717, 1.165) is 11.5 Å². The maximum absolute atomic E-state index is 5.86. The molecule has 3 aromatic rings. The van der Waals surface area contributed by atoms with Crippen LogP contribution in [0.15, 0.2) is 77.9 Å². The highest BCUT2D eigenvalue weighted by molar-refractivity contribution is 5.79. The summed E-state index contributed by atoms with van der Waals surface area (Å²) in [5.41, 5.74) is 2.23. The Kier molecular flexibility index (Phi) is 7.46. The molecule has 0 spiro atoms. The first kappa shape index (κ1) is 20.2. The summed E-state index contributed by atoms with van der Waals surface area (Å²) in [5, 5.41) is 6.59. The number of nitrogens with one attached hydrogen (secondary N) is 2. The van der Waals surface area contributed by atoms with Gasteiger partial charge in [-0.25, -0.2) is 4.98 Å². The lowest BCUT2D eigenvalue weighted by Gasteiger charge is -2.13. The van der Waals surface area contributed by atoms with Gasteiger partial charge in [-0.05, 0) is 30.2 Å². The Morgan fingerprint density at radius 2 is 1.55 bits per heavy atom. The summed E-state index contributed by atoms with van der Waals surface area (Å²) in [5.74, 6) is 2.61. The third-order valence-electron chi connectivity index (χ3n) is 4.15. The van der Waals surface area contributed by atoms with E-state index in [0.29, 0.717) is 37.1 Å². The van der Waals surface area contributed by atoms with Gasteiger partial charge in [0, 0.05) is 32.4 Å². The number of nitrogens with zero attached hydrogens (tertiary/aromatic N) is 2. The van der Waals surface area contributed by atoms with Crippen molar-refractivity contribution in [1.29, 1.82) is 0 Å². The molecule has 0 atom stereocenters. The van der Waals surface area contributed by atoms with Crippen molar-refractivity contribution in [3.8, 4) is 17.4 Å². The second-order valence-electron chi connectivity index (χ2n) is 6.25. The molecular weight excluding hydrogens is 364 g/mol. The van der Waals surface area contributed by atoms with E-state index in [1.54, 1.807) is 13.2 Å². The van der Waals surface area contributed by atoms with Crippen molar-refractivity contribution in [1.82, 2.24) is 15.6 Å². The van der Waals surface area contributed by atoms with Crippen molar-refractivity contribution in [2.75, 3.05) is 13.7 Å². The predicted molar refractivity (Wildman–Crippen MR) is 115 cm³/mol. The molecule has 1 heterocycles. The van der Waals surface area contributed by atoms with E-state index in [2.05, 4.69) is 32.7 Å². The minimum atomic E-state index is 0.521. The molecule has 1 aromatic heterocycles. The van der Waals surface area contributed by atoms with Gasteiger partial charge in [-0.15, -0.1) is 0 Å². The van der Waals surface area contributed by atoms with Crippen LogP contribution in [-0.4, -0.2) is 24.6 Å². The van der Waals surface area contributed by atoms with Gasteiger partial charge in [-0.2, -0.15) is 0 Å². The first-order valence-electron chi connectivity index (χ1n) is 9.61.